The van der Waals surface area contributed by atoms with Crippen LogP contribution >= 0.6 is 0 Å². The molecule has 0 spiro atoms. The Balaban J connectivity index is 1.19. The van der Waals surface area contributed by atoms with E-state index in [-0.39, 0.29) is 50.1 Å². The van der Waals surface area contributed by atoms with Gasteiger partial charge < -0.3 is 31.5 Å². The summed E-state index contributed by atoms with van der Waals surface area (Å²) in [6, 6.07) is 15.1. The van der Waals surface area contributed by atoms with E-state index in [0.29, 0.717) is 50.9 Å². The first-order chi connectivity index (χ1) is 24.0. The van der Waals surface area contributed by atoms with Crippen molar-refractivity contribution in [3.05, 3.63) is 59.7 Å². The molecule has 272 valence electrons. The maximum absolute atomic E-state index is 13.6. The highest BCUT2D eigenvalue weighted by Crippen LogP contribution is 2.29. The van der Waals surface area contributed by atoms with E-state index in [9.17, 15) is 29.4 Å². The van der Waals surface area contributed by atoms with Crippen LogP contribution in [-0.4, -0.2) is 118 Å². The quantitative estimate of drug-likeness (QED) is 0.216. The summed E-state index contributed by atoms with van der Waals surface area (Å²) in [6.07, 6.45) is 8.29. The van der Waals surface area contributed by atoms with Crippen LogP contribution in [0.2, 0.25) is 0 Å². The van der Waals surface area contributed by atoms with Gasteiger partial charge in [-0.25, -0.2) is 0 Å². The molecule has 12 heteroatoms. The zero-order valence-corrected chi connectivity index (χ0v) is 29.1. The van der Waals surface area contributed by atoms with Crippen LogP contribution in [0.5, 0.6) is 0 Å². The Kier molecular flexibility index (Phi) is 13.1. The number of carbonyl (C=O) groups is 4. The van der Waals surface area contributed by atoms with E-state index in [1.807, 2.05) is 58.3 Å². The lowest BCUT2D eigenvalue weighted by molar-refractivity contribution is -0.146. The van der Waals surface area contributed by atoms with Crippen molar-refractivity contribution in [3.8, 4) is 0 Å². The van der Waals surface area contributed by atoms with Gasteiger partial charge in [-0.2, -0.15) is 0 Å². The molecule has 2 amide bonds. The van der Waals surface area contributed by atoms with Gasteiger partial charge in [0.2, 0.25) is 11.8 Å². The number of piperidine rings is 2. The van der Waals surface area contributed by atoms with Gasteiger partial charge in [-0.1, -0.05) is 37.1 Å². The van der Waals surface area contributed by atoms with Crippen molar-refractivity contribution in [1.82, 2.24) is 19.6 Å². The SMILES string of the molecule is Nc1ccc(CC2CCN(C(=O)CN(CC(=O)O)C3CCCCC3N(CC(=O)O)CC(=O)N3CCC(Cc4ccc(N)cc4)CC3)CC2)cc1. The normalized spacial score (nSPS) is 20.7. The van der Waals surface area contributed by atoms with Gasteiger partial charge in [0.1, 0.15) is 0 Å². The first kappa shape index (κ1) is 37.1. The van der Waals surface area contributed by atoms with E-state index in [4.69, 9.17) is 11.5 Å². The fourth-order valence-corrected chi connectivity index (χ4v) is 8.17. The fourth-order valence-electron chi connectivity index (χ4n) is 8.17. The molecule has 2 aromatic rings. The topological polar surface area (TPSA) is 174 Å². The van der Waals surface area contributed by atoms with Crippen LogP contribution in [0.1, 0.15) is 62.5 Å². The highest BCUT2D eigenvalue weighted by atomic mass is 16.4. The average molecular weight is 691 g/mol. The van der Waals surface area contributed by atoms with Gasteiger partial charge in [0, 0.05) is 49.6 Å². The van der Waals surface area contributed by atoms with Crippen LogP contribution in [0.4, 0.5) is 11.4 Å². The second kappa shape index (κ2) is 17.7. The van der Waals surface area contributed by atoms with Gasteiger partial charge in [-0.3, -0.25) is 29.0 Å². The molecule has 6 N–H and O–H groups in total. The Bertz CT molecular complexity index is 1330. The summed E-state index contributed by atoms with van der Waals surface area (Å²) in [5.74, 6) is -1.37. The van der Waals surface area contributed by atoms with Crippen molar-refractivity contribution in [2.45, 2.75) is 76.3 Å². The maximum atomic E-state index is 13.6. The third-order valence-corrected chi connectivity index (χ3v) is 10.9. The Morgan fingerprint density at radius 1 is 0.560 bits per heavy atom. The molecular weight excluding hydrogens is 636 g/mol. The summed E-state index contributed by atoms with van der Waals surface area (Å²) in [5.41, 5.74) is 15.6. The Morgan fingerprint density at radius 3 is 1.22 bits per heavy atom. The lowest BCUT2D eigenvalue weighted by Crippen LogP contribution is -2.59. The zero-order valence-electron chi connectivity index (χ0n) is 29.1. The van der Waals surface area contributed by atoms with Crippen LogP contribution < -0.4 is 11.5 Å². The number of carboxylic acids is 2. The first-order valence-electron chi connectivity index (χ1n) is 18.2. The number of anilines is 2. The zero-order chi connectivity index (χ0) is 35.6. The minimum Gasteiger partial charge on any atom is -0.480 e. The third-order valence-electron chi connectivity index (χ3n) is 10.9. The second-order valence-corrected chi connectivity index (χ2v) is 14.6. The number of amides is 2. The molecule has 0 bridgehead atoms. The second-order valence-electron chi connectivity index (χ2n) is 14.6. The summed E-state index contributed by atoms with van der Waals surface area (Å²) in [4.78, 5) is 58.6. The molecule has 3 fully saturated rings. The van der Waals surface area contributed by atoms with Gasteiger partial charge in [-0.05, 0) is 98.6 Å². The van der Waals surface area contributed by atoms with Crippen molar-refractivity contribution in [1.29, 1.82) is 0 Å². The van der Waals surface area contributed by atoms with Gasteiger partial charge in [0.25, 0.3) is 0 Å². The van der Waals surface area contributed by atoms with E-state index in [0.717, 1.165) is 62.7 Å². The van der Waals surface area contributed by atoms with Crippen molar-refractivity contribution >= 4 is 35.1 Å². The number of likely N-dealkylation sites (tertiary alicyclic amines) is 2. The Labute approximate surface area is 295 Å². The lowest BCUT2D eigenvalue weighted by Gasteiger charge is -2.45. The molecule has 2 atom stereocenters. The summed E-state index contributed by atoms with van der Waals surface area (Å²) in [7, 11) is 0. The molecule has 2 aromatic carbocycles. The van der Waals surface area contributed by atoms with Crippen molar-refractivity contribution in [2.75, 3.05) is 63.8 Å². The number of hydrogen-bond acceptors (Lipinski definition) is 8. The predicted octanol–water partition coefficient (Wildman–Crippen LogP) is 3.20. The smallest absolute Gasteiger partial charge is 0.317 e. The first-order valence-corrected chi connectivity index (χ1v) is 18.2. The van der Waals surface area contributed by atoms with Crippen LogP contribution in [0, 0.1) is 11.8 Å². The number of nitrogen functional groups attached to an aromatic ring is 2. The number of nitrogens with zero attached hydrogens (tertiary/aromatic N) is 4. The van der Waals surface area contributed by atoms with Gasteiger partial charge in [-0.15, -0.1) is 0 Å². The average Bonchev–Trinajstić information content (AvgIpc) is 3.10. The summed E-state index contributed by atoms with van der Waals surface area (Å²) < 4.78 is 0. The monoisotopic (exact) mass is 690 g/mol. The van der Waals surface area contributed by atoms with Crippen molar-refractivity contribution < 1.29 is 29.4 Å². The van der Waals surface area contributed by atoms with Crippen LogP contribution in [0.15, 0.2) is 48.5 Å². The number of rotatable bonds is 14. The molecule has 1 saturated carbocycles. The molecule has 1 aliphatic carbocycles. The standard InChI is InChI=1S/C38H54N6O6/c39-31-9-5-27(6-10-31)21-29-13-17-41(18-14-29)35(45)23-43(25-37(47)48)33-3-1-2-4-34(33)44(26-38(49)50)24-36(46)42-19-15-30(16-20-42)22-28-7-11-32(40)12-8-28/h5-12,29-30,33-34H,1-4,13-26,39-40H2,(H,47,48)(H,49,50). The number of hydrogen-bond donors (Lipinski definition) is 4. The maximum Gasteiger partial charge on any atom is 0.317 e. The molecule has 12 nitrogen and oxygen atoms in total. The molecule has 2 aliphatic heterocycles. The predicted molar refractivity (Wildman–Crippen MR) is 192 cm³/mol. The van der Waals surface area contributed by atoms with E-state index in [1.165, 1.54) is 11.1 Å². The van der Waals surface area contributed by atoms with E-state index < -0.39 is 11.9 Å². The van der Waals surface area contributed by atoms with E-state index >= 15 is 0 Å². The molecule has 3 aliphatic rings. The van der Waals surface area contributed by atoms with Gasteiger partial charge >= 0.3 is 11.9 Å². The molecule has 2 heterocycles. The highest BCUT2D eigenvalue weighted by Gasteiger charge is 2.38. The van der Waals surface area contributed by atoms with Crippen molar-refractivity contribution in [3.63, 3.8) is 0 Å². The van der Waals surface area contributed by atoms with Gasteiger partial charge in [0.15, 0.2) is 0 Å². The number of benzene rings is 2. The molecule has 0 radical (unpaired) electrons. The third kappa shape index (κ3) is 10.7. The number of aliphatic carboxylic acids is 2. The Hall–Kier alpha value is -4.16. The van der Waals surface area contributed by atoms with Crippen LogP contribution in [-0.2, 0) is 32.0 Å². The number of carbonyl (C=O) groups excluding carboxylic acids is 2. The summed E-state index contributed by atoms with van der Waals surface area (Å²) >= 11 is 0. The minimum atomic E-state index is -1.04. The van der Waals surface area contributed by atoms with Crippen LogP contribution in [0.25, 0.3) is 0 Å². The highest BCUT2D eigenvalue weighted by molar-refractivity contribution is 5.80. The van der Waals surface area contributed by atoms with Crippen molar-refractivity contribution in [2.24, 2.45) is 11.8 Å². The molecule has 2 unspecified atom stereocenters. The lowest BCUT2D eigenvalue weighted by atomic mass is 9.87. The Morgan fingerprint density at radius 2 is 0.900 bits per heavy atom. The molecular formula is C38H54N6O6. The molecule has 5 rings (SSSR count). The number of nitrogens with two attached hydrogens (primary N) is 2. The minimum absolute atomic E-state index is 0.0491. The van der Waals surface area contributed by atoms with Crippen LogP contribution in [0.3, 0.4) is 0 Å². The number of carboxylic acid groups (broad SMARTS) is 2. The molecule has 0 aromatic heterocycles. The fraction of sp³-hybridized carbons (Fsp3) is 0.579. The van der Waals surface area contributed by atoms with Gasteiger partial charge in [0.05, 0.1) is 26.2 Å². The molecule has 2 saturated heterocycles. The summed E-state index contributed by atoms with van der Waals surface area (Å²) in [5, 5.41) is 19.8. The van der Waals surface area contributed by atoms with E-state index in [1.54, 1.807) is 9.80 Å². The summed E-state index contributed by atoms with van der Waals surface area (Å²) in [6.45, 7) is 1.72. The molecule has 50 heavy (non-hydrogen) atoms. The largest absolute Gasteiger partial charge is 0.480 e. The van der Waals surface area contributed by atoms with E-state index in [2.05, 4.69) is 0 Å².